The lowest BCUT2D eigenvalue weighted by molar-refractivity contribution is 0.267. The van der Waals surface area contributed by atoms with Crippen LogP contribution in [0.2, 0.25) is 0 Å². The summed E-state index contributed by atoms with van der Waals surface area (Å²) in [6.07, 6.45) is 5.02. The molecule has 1 aromatic heterocycles. The van der Waals surface area contributed by atoms with Gasteiger partial charge in [-0.1, -0.05) is 19.8 Å². The van der Waals surface area contributed by atoms with Crippen LogP contribution in [0.25, 0.3) is 11.0 Å². The maximum atomic E-state index is 13.8. The molecule has 1 aromatic carbocycles. The molecule has 0 aliphatic heterocycles. The fourth-order valence-electron chi connectivity index (χ4n) is 3.10. The van der Waals surface area contributed by atoms with Crippen LogP contribution in [0.15, 0.2) is 12.1 Å². The first-order valence-corrected chi connectivity index (χ1v) is 8.23. The van der Waals surface area contributed by atoms with Gasteiger partial charge in [0.1, 0.15) is 5.82 Å². The van der Waals surface area contributed by atoms with E-state index in [1.165, 1.54) is 25.7 Å². The Morgan fingerprint density at radius 1 is 1.35 bits per heavy atom. The topological polar surface area (TPSA) is 43.8 Å². The van der Waals surface area contributed by atoms with E-state index in [2.05, 4.69) is 11.9 Å². The number of nitrogens with two attached hydrogens (primary N) is 1. The molecule has 0 saturated heterocycles. The summed E-state index contributed by atoms with van der Waals surface area (Å²) in [5, 5.41) is 0. The lowest BCUT2D eigenvalue weighted by atomic mass is 9.83. The molecule has 1 heterocycles. The molecule has 3 nitrogen and oxygen atoms in total. The van der Waals surface area contributed by atoms with E-state index in [-0.39, 0.29) is 5.82 Å². The zero-order valence-corrected chi connectivity index (χ0v) is 13.7. The minimum absolute atomic E-state index is 0.198. The second-order valence-electron chi connectivity index (χ2n) is 5.96. The monoisotopic (exact) mass is 387 g/mol. The van der Waals surface area contributed by atoms with Crippen LogP contribution < -0.4 is 5.73 Å². The summed E-state index contributed by atoms with van der Waals surface area (Å²) in [5.41, 5.74) is 7.63. The first-order chi connectivity index (χ1) is 9.54. The third kappa shape index (κ3) is 2.64. The van der Waals surface area contributed by atoms with E-state index in [9.17, 15) is 4.39 Å². The Morgan fingerprint density at radius 3 is 2.75 bits per heavy atom. The first kappa shape index (κ1) is 14.1. The Bertz CT molecular complexity index is 630. The molecule has 0 amide bonds. The number of anilines is 1. The van der Waals surface area contributed by atoms with Crippen LogP contribution in [0.5, 0.6) is 0 Å². The summed E-state index contributed by atoms with van der Waals surface area (Å²) in [6.45, 7) is 3.17. The lowest BCUT2D eigenvalue weighted by Crippen LogP contribution is -2.18. The number of imidazole rings is 1. The van der Waals surface area contributed by atoms with Crippen LogP contribution in [0.3, 0.4) is 0 Å². The second-order valence-corrected chi connectivity index (χ2v) is 7.12. The van der Waals surface area contributed by atoms with E-state index in [0.29, 0.717) is 15.4 Å². The average Bonchev–Trinajstić information content (AvgIpc) is 2.69. The van der Waals surface area contributed by atoms with Crippen molar-refractivity contribution in [3.63, 3.8) is 0 Å². The maximum absolute atomic E-state index is 13.8. The van der Waals surface area contributed by atoms with Crippen molar-refractivity contribution in [2.75, 3.05) is 5.73 Å². The van der Waals surface area contributed by atoms with Crippen molar-refractivity contribution in [1.29, 1.82) is 0 Å². The molecule has 0 spiro atoms. The summed E-state index contributed by atoms with van der Waals surface area (Å²) < 4.78 is 16.3. The predicted molar refractivity (Wildman–Crippen MR) is 87.9 cm³/mol. The molecule has 2 aromatic rings. The van der Waals surface area contributed by atoms with Gasteiger partial charge in [-0.15, -0.1) is 0 Å². The van der Waals surface area contributed by atoms with Crippen molar-refractivity contribution in [2.45, 2.75) is 39.2 Å². The van der Waals surface area contributed by atoms with Crippen LogP contribution in [0.1, 0.15) is 32.6 Å². The van der Waals surface area contributed by atoms with E-state index < -0.39 is 0 Å². The molecule has 0 atom stereocenters. The van der Waals surface area contributed by atoms with Gasteiger partial charge in [0.05, 0.1) is 14.6 Å². The Labute approximate surface area is 131 Å². The van der Waals surface area contributed by atoms with Gasteiger partial charge in [0.25, 0.3) is 0 Å². The van der Waals surface area contributed by atoms with Gasteiger partial charge >= 0.3 is 0 Å². The van der Waals surface area contributed by atoms with Crippen molar-refractivity contribution in [2.24, 2.45) is 11.8 Å². The molecule has 1 saturated carbocycles. The quantitative estimate of drug-likeness (QED) is 0.786. The Hall–Kier alpha value is -0.850. The molecule has 0 radical (unpaired) electrons. The van der Waals surface area contributed by atoms with Crippen LogP contribution in [-0.2, 0) is 6.54 Å². The molecular weight excluding hydrogens is 368 g/mol. The number of benzene rings is 1. The van der Waals surface area contributed by atoms with Crippen molar-refractivity contribution in [1.82, 2.24) is 9.55 Å². The number of rotatable bonds is 2. The maximum Gasteiger partial charge on any atom is 0.201 e. The minimum atomic E-state index is -0.198. The van der Waals surface area contributed by atoms with Gasteiger partial charge < -0.3 is 10.3 Å². The normalized spacial score (nSPS) is 23.4. The van der Waals surface area contributed by atoms with Gasteiger partial charge in [0.2, 0.25) is 5.95 Å². The fraction of sp³-hybridized carbons (Fsp3) is 0.533. The van der Waals surface area contributed by atoms with Crippen molar-refractivity contribution < 1.29 is 4.39 Å². The summed E-state index contributed by atoms with van der Waals surface area (Å²) in [4.78, 5) is 4.36. The average molecular weight is 387 g/mol. The van der Waals surface area contributed by atoms with E-state index >= 15 is 0 Å². The number of halogens is 2. The molecule has 5 heteroatoms. The minimum Gasteiger partial charge on any atom is -0.369 e. The molecule has 2 N–H and O–H groups in total. The van der Waals surface area contributed by atoms with Crippen LogP contribution >= 0.6 is 22.6 Å². The lowest BCUT2D eigenvalue weighted by Gasteiger charge is -2.26. The Morgan fingerprint density at radius 2 is 2.05 bits per heavy atom. The zero-order valence-electron chi connectivity index (χ0n) is 11.6. The largest absolute Gasteiger partial charge is 0.369 e. The summed E-state index contributed by atoms with van der Waals surface area (Å²) in [5.74, 6) is 1.77. The van der Waals surface area contributed by atoms with Gasteiger partial charge in [0, 0.05) is 12.6 Å². The summed E-state index contributed by atoms with van der Waals surface area (Å²) in [7, 11) is 0. The van der Waals surface area contributed by atoms with Gasteiger partial charge in [-0.3, -0.25) is 0 Å². The van der Waals surface area contributed by atoms with E-state index in [4.69, 9.17) is 5.73 Å². The predicted octanol–water partition coefficient (Wildman–Crippen LogP) is 4.19. The van der Waals surface area contributed by atoms with Crippen molar-refractivity contribution >= 4 is 39.6 Å². The third-order valence-electron chi connectivity index (χ3n) is 4.40. The van der Waals surface area contributed by atoms with Crippen molar-refractivity contribution in [3.8, 4) is 0 Å². The number of nitrogen functional groups attached to an aromatic ring is 1. The third-order valence-corrected chi connectivity index (χ3v) is 5.22. The molecule has 108 valence electrons. The fourth-order valence-corrected chi connectivity index (χ4v) is 3.55. The highest BCUT2D eigenvalue weighted by atomic mass is 127. The van der Waals surface area contributed by atoms with Crippen molar-refractivity contribution in [3.05, 3.63) is 21.5 Å². The molecule has 1 fully saturated rings. The standard InChI is InChI=1S/C15H19FIN3/c1-9-2-4-10(5-3-9)8-20-14-6-11(16)12(17)7-13(14)19-15(20)18/h6-7,9-10H,2-5,8H2,1H3,(H2,18,19). The number of hydrogen-bond donors (Lipinski definition) is 1. The van der Waals surface area contributed by atoms with Gasteiger partial charge in [-0.05, 0) is 53.3 Å². The molecule has 0 unspecified atom stereocenters. The van der Waals surface area contributed by atoms with E-state index in [0.717, 1.165) is 23.5 Å². The molecule has 0 bridgehead atoms. The van der Waals surface area contributed by atoms with Gasteiger partial charge in [-0.2, -0.15) is 0 Å². The smallest absolute Gasteiger partial charge is 0.201 e. The number of hydrogen-bond acceptors (Lipinski definition) is 2. The number of nitrogens with zero attached hydrogens (tertiary/aromatic N) is 2. The number of aromatic nitrogens is 2. The summed E-state index contributed by atoms with van der Waals surface area (Å²) >= 11 is 1.99. The Balaban J connectivity index is 1.91. The van der Waals surface area contributed by atoms with Gasteiger partial charge in [0.15, 0.2) is 0 Å². The first-order valence-electron chi connectivity index (χ1n) is 7.15. The highest BCUT2D eigenvalue weighted by Crippen LogP contribution is 2.31. The van der Waals surface area contributed by atoms with Crippen LogP contribution in [0.4, 0.5) is 10.3 Å². The second kappa shape index (κ2) is 5.50. The van der Waals surface area contributed by atoms with E-state index in [1.54, 1.807) is 12.1 Å². The molecule has 1 aliphatic carbocycles. The summed E-state index contributed by atoms with van der Waals surface area (Å²) in [6, 6.07) is 3.33. The molecule has 20 heavy (non-hydrogen) atoms. The highest BCUT2D eigenvalue weighted by molar-refractivity contribution is 14.1. The van der Waals surface area contributed by atoms with Gasteiger partial charge in [-0.25, -0.2) is 9.37 Å². The molecule has 1 aliphatic rings. The Kier molecular flexibility index (Phi) is 3.88. The molecular formula is C15H19FIN3. The molecule has 3 rings (SSSR count). The van der Waals surface area contributed by atoms with Crippen LogP contribution in [-0.4, -0.2) is 9.55 Å². The number of fused-ring (bicyclic) bond motifs is 1. The SMILES string of the molecule is CC1CCC(Cn2c(N)nc3cc(I)c(F)cc32)CC1. The highest BCUT2D eigenvalue weighted by Gasteiger charge is 2.21. The zero-order chi connectivity index (χ0) is 14.3. The van der Waals surface area contributed by atoms with E-state index in [1.807, 2.05) is 27.2 Å². The van der Waals surface area contributed by atoms with Crippen LogP contribution in [0, 0.1) is 21.2 Å².